The Morgan fingerprint density at radius 2 is 2.40 bits per heavy atom. The molecule has 0 amide bonds. The molecule has 1 heterocycles. The average Bonchev–Trinajstić information content (AvgIpc) is 2.28. The van der Waals surface area contributed by atoms with Crippen molar-refractivity contribution in [3.63, 3.8) is 0 Å². The van der Waals surface area contributed by atoms with Crippen molar-refractivity contribution in [1.82, 2.24) is 0 Å². The first-order chi connectivity index (χ1) is 4.68. The molecule has 1 N–H and O–H groups in total. The van der Waals surface area contributed by atoms with Gasteiger partial charge in [0.15, 0.2) is 0 Å². The third-order valence-corrected chi connectivity index (χ3v) is 2.99. The zero-order valence-corrected chi connectivity index (χ0v) is 6.39. The highest BCUT2D eigenvalue weighted by Gasteiger charge is 2.61. The van der Waals surface area contributed by atoms with Crippen molar-refractivity contribution in [2.75, 3.05) is 6.54 Å². The van der Waals surface area contributed by atoms with Gasteiger partial charge in [0.2, 0.25) is 0 Å². The Morgan fingerprint density at radius 1 is 1.70 bits per heavy atom. The van der Waals surface area contributed by atoms with E-state index in [-0.39, 0.29) is 0 Å². The number of nitrogens with zero attached hydrogens (tertiary/aromatic N) is 1. The van der Waals surface area contributed by atoms with E-state index in [0.717, 1.165) is 18.2 Å². The molecule has 2 heteroatoms. The Morgan fingerprint density at radius 3 is 2.70 bits per heavy atom. The van der Waals surface area contributed by atoms with Crippen molar-refractivity contribution < 1.29 is 0 Å². The van der Waals surface area contributed by atoms with Gasteiger partial charge in [-0.2, -0.15) is 0 Å². The molecule has 0 spiro atoms. The monoisotopic (exact) mass is 136 g/mol. The first kappa shape index (κ1) is 6.08. The highest BCUT2D eigenvalue weighted by molar-refractivity contribution is 6.32. The maximum Gasteiger partial charge on any atom is 0.0563 e. The zero-order chi connectivity index (χ0) is 7.35. The lowest BCUT2D eigenvalue weighted by Crippen LogP contribution is -2.07. The summed E-state index contributed by atoms with van der Waals surface area (Å²) in [6, 6.07) is 0. The van der Waals surface area contributed by atoms with Gasteiger partial charge in [0.1, 0.15) is 0 Å². The van der Waals surface area contributed by atoms with Crippen LogP contribution in [0.1, 0.15) is 13.8 Å². The Labute approximate surface area is 60.9 Å². The van der Waals surface area contributed by atoms with Crippen LogP contribution in [0.15, 0.2) is 4.99 Å². The van der Waals surface area contributed by atoms with Crippen molar-refractivity contribution >= 4 is 11.9 Å². The molecule has 2 atom stereocenters. The molecule has 0 saturated heterocycles. The van der Waals surface area contributed by atoms with Crippen LogP contribution in [-0.2, 0) is 0 Å². The van der Waals surface area contributed by atoms with Gasteiger partial charge in [-0.1, -0.05) is 13.8 Å². The molecule has 2 aliphatic rings. The van der Waals surface area contributed by atoms with Crippen LogP contribution in [0.2, 0.25) is 0 Å². The molecule has 0 radical (unpaired) electrons. The summed E-state index contributed by atoms with van der Waals surface area (Å²) in [5.74, 6) is 1.37. The third-order valence-electron chi connectivity index (χ3n) is 2.99. The fourth-order valence-corrected chi connectivity index (χ4v) is 2.11. The fourth-order valence-electron chi connectivity index (χ4n) is 2.11. The first-order valence-electron chi connectivity index (χ1n) is 3.72. The van der Waals surface area contributed by atoms with Crippen LogP contribution in [-0.4, -0.2) is 18.5 Å². The number of fused-ring (bicyclic) bond motifs is 1. The zero-order valence-electron chi connectivity index (χ0n) is 6.39. The Bertz CT molecular complexity index is 215. The van der Waals surface area contributed by atoms with E-state index in [1.807, 2.05) is 0 Å². The molecule has 0 aromatic rings. The number of rotatable bonds is 1. The maximum absolute atomic E-state index is 7.08. The minimum Gasteiger partial charge on any atom is -0.307 e. The van der Waals surface area contributed by atoms with Gasteiger partial charge in [-0.15, -0.1) is 0 Å². The van der Waals surface area contributed by atoms with Crippen molar-refractivity contribution in [2.45, 2.75) is 13.8 Å². The standard InChI is InChI=1S/C8H12N2/c1-8(2)5-4-10-6(3-9)7(5)8/h3,5,7,9H,4H2,1-2H3/t5-,7-/m0/s1. The van der Waals surface area contributed by atoms with Crippen molar-refractivity contribution in [2.24, 2.45) is 22.2 Å². The van der Waals surface area contributed by atoms with Gasteiger partial charge in [-0.05, 0) is 11.3 Å². The molecular weight excluding hydrogens is 124 g/mol. The normalized spacial score (nSPS) is 40.4. The SMILES string of the molecule is CC1(C)[C@@H]2C(C=N)=NC[C@@H]21. The van der Waals surface area contributed by atoms with Crippen LogP contribution in [0.5, 0.6) is 0 Å². The van der Waals surface area contributed by atoms with E-state index in [1.54, 1.807) is 0 Å². The molecule has 0 unspecified atom stereocenters. The van der Waals surface area contributed by atoms with E-state index in [9.17, 15) is 0 Å². The predicted octanol–water partition coefficient (Wildman–Crippen LogP) is 1.36. The maximum atomic E-state index is 7.08. The molecule has 1 aliphatic heterocycles. The van der Waals surface area contributed by atoms with Crippen LogP contribution < -0.4 is 0 Å². The summed E-state index contributed by atoms with van der Waals surface area (Å²) >= 11 is 0. The quantitative estimate of drug-likeness (QED) is 0.528. The van der Waals surface area contributed by atoms with E-state index in [0.29, 0.717) is 11.3 Å². The van der Waals surface area contributed by atoms with Gasteiger partial charge in [0.05, 0.1) is 5.71 Å². The summed E-state index contributed by atoms with van der Waals surface area (Å²) in [5.41, 5.74) is 1.48. The van der Waals surface area contributed by atoms with Crippen LogP contribution in [0.25, 0.3) is 0 Å². The molecule has 2 rings (SSSR count). The topological polar surface area (TPSA) is 36.2 Å². The summed E-state index contributed by atoms with van der Waals surface area (Å²) < 4.78 is 0. The summed E-state index contributed by atoms with van der Waals surface area (Å²) in [6.07, 6.45) is 1.42. The summed E-state index contributed by atoms with van der Waals surface area (Å²) in [5, 5.41) is 7.08. The van der Waals surface area contributed by atoms with Gasteiger partial charge < -0.3 is 5.41 Å². The predicted molar refractivity (Wildman–Crippen MR) is 41.8 cm³/mol. The molecule has 1 fully saturated rings. The smallest absolute Gasteiger partial charge is 0.0563 e. The van der Waals surface area contributed by atoms with E-state index in [2.05, 4.69) is 18.8 Å². The summed E-state index contributed by atoms with van der Waals surface area (Å²) in [4.78, 5) is 4.25. The highest BCUT2D eigenvalue weighted by atomic mass is 14.9. The molecular formula is C8H12N2. The fraction of sp³-hybridized carbons (Fsp3) is 0.750. The van der Waals surface area contributed by atoms with Gasteiger partial charge in [-0.3, -0.25) is 4.99 Å². The lowest BCUT2D eigenvalue weighted by molar-refractivity contribution is 0.551. The van der Waals surface area contributed by atoms with E-state index in [4.69, 9.17) is 5.41 Å². The largest absolute Gasteiger partial charge is 0.307 e. The van der Waals surface area contributed by atoms with Crippen molar-refractivity contribution in [1.29, 1.82) is 5.41 Å². The second-order valence-corrected chi connectivity index (χ2v) is 3.82. The molecule has 54 valence electrons. The highest BCUT2D eigenvalue weighted by Crippen LogP contribution is 2.61. The first-order valence-corrected chi connectivity index (χ1v) is 3.72. The van der Waals surface area contributed by atoms with Crippen LogP contribution >= 0.6 is 0 Å². The third kappa shape index (κ3) is 0.498. The number of hydrogen-bond donors (Lipinski definition) is 1. The molecule has 0 aromatic heterocycles. The Balaban J connectivity index is 2.24. The second kappa shape index (κ2) is 1.49. The lowest BCUT2D eigenvalue weighted by atomic mass is 10.1. The number of nitrogens with one attached hydrogen (secondary N) is 1. The minimum atomic E-state index is 0.453. The van der Waals surface area contributed by atoms with Gasteiger partial charge in [0.25, 0.3) is 0 Å². The molecule has 1 aliphatic carbocycles. The molecule has 0 bridgehead atoms. The van der Waals surface area contributed by atoms with Crippen LogP contribution in [0.4, 0.5) is 0 Å². The van der Waals surface area contributed by atoms with E-state index >= 15 is 0 Å². The average molecular weight is 136 g/mol. The number of hydrogen-bond acceptors (Lipinski definition) is 2. The van der Waals surface area contributed by atoms with Gasteiger partial charge in [-0.25, -0.2) is 0 Å². The molecule has 10 heavy (non-hydrogen) atoms. The van der Waals surface area contributed by atoms with E-state index < -0.39 is 0 Å². The van der Waals surface area contributed by atoms with Crippen LogP contribution in [0, 0.1) is 22.7 Å². The molecule has 0 aromatic carbocycles. The summed E-state index contributed by atoms with van der Waals surface area (Å²) in [6.45, 7) is 5.49. The van der Waals surface area contributed by atoms with Gasteiger partial charge >= 0.3 is 0 Å². The van der Waals surface area contributed by atoms with Gasteiger partial charge in [0, 0.05) is 18.7 Å². The molecule has 2 nitrogen and oxygen atoms in total. The van der Waals surface area contributed by atoms with Crippen molar-refractivity contribution in [3.8, 4) is 0 Å². The lowest BCUT2D eigenvalue weighted by Gasteiger charge is -2.04. The minimum absolute atomic E-state index is 0.453. The van der Waals surface area contributed by atoms with Crippen molar-refractivity contribution in [3.05, 3.63) is 0 Å². The Hall–Kier alpha value is -0.660. The Kier molecular flexibility index (Phi) is 0.908. The van der Waals surface area contributed by atoms with Crippen LogP contribution in [0.3, 0.4) is 0 Å². The summed E-state index contributed by atoms with van der Waals surface area (Å²) in [7, 11) is 0. The number of aliphatic imine (C=N–C) groups is 1. The van der Waals surface area contributed by atoms with E-state index in [1.165, 1.54) is 6.21 Å². The molecule has 1 saturated carbocycles. The second-order valence-electron chi connectivity index (χ2n) is 3.82.